The number of hydrogen-bond acceptors (Lipinski definition) is 4. The summed E-state index contributed by atoms with van der Waals surface area (Å²) in [6.07, 6.45) is 0. The van der Waals surface area contributed by atoms with Crippen LogP contribution >= 0.6 is 0 Å². The molecule has 0 aliphatic heterocycles. The number of carbonyl (C=O) groups excluding carboxylic acids is 1. The Morgan fingerprint density at radius 2 is 2.00 bits per heavy atom. The molecule has 0 aliphatic rings. The lowest BCUT2D eigenvalue weighted by atomic mass is 10.0. The quantitative estimate of drug-likeness (QED) is 0.640. The van der Waals surface area contributed by atoms with E-state index in [1.807, 2.05) is 6.92 Å². The monoisotopic (exact) mass is 203 g/mol. The summed E-state index contributed by atoms with van der Waals surface area (Å²) in [5.74, 6) is -0.442. The molecule has 0 spiro atoms. The summed E-state index contributed by atoms with van der Waals surface area (Å²) in [5, 5.41) is 12.6. The van der Waals surface area contributed by atoms with Gasteiger partial charge in [-0.2, -0.15) is 0 Å². The van der Waals surface area contributed by atoms with Gasteiger partial charge in [-0.1, -0.05) is 6.92 Å². The second-order valence-electron chi connectivity index (χ2n) is 4.29. The average molecular weight is 203 g/mol. The van der Waals surface area contributed by atoms with Crippen LogP contribution in [0, 0.1) is 5.92 Å². The molecule has 0 fully saturated rings. The fraction of sp³-hybridized carbons (Fsp3) is 0.900. The van der Waals surface area contributed by atoms with Gasteiger partial charge in [0.05, 0.1) is 18.6 Å². The Labute approximate surface area is 85.6 Å². The first-order chi connectivity index (χ1) is 6.28. The van der Waals surface area contributed by atoms with E-state index in [1.54, 1.807) is 20.8 Å². The molecule has 0 bridgehead atoms. The Bertz CT molecular complexity index is 186. The largest absolute Gasteiger partial charge is 0.469 e. The van der Waals surface area contributed by atoms with Crippen LogP contribution in [0.2, 0.25) is 0 Å². The van der Waals surface area contributed by atoms with E-state index in [9.17, 15) is 9.90 Å². The van der Waals surface area contributed by atoms with Crippen molar-refractivity contribution in [3.05, 3.63) is 0 Å². The number of rotatable bonds is 5. The third-order valence-electron chi connectivity index (χ3n) is 2.18. The number of esters is 1. The molecular formula is C10H21NO3. The molecule has 0 heterocycles. The van der Waals surface area contributed by atoms with Crippen LogP contribution in [0.5, 0.6) is 0 Å². The molecule has 14 heavy (non-hydrogen) atoms. The second kappa shape index (κ2) is 5.32. The van der Waals surface area contributed by atoms with Crippen LogP contribution in [0.25, 0.3) is 0 Å². The lowest BCUT2D eigenvalue weighted by Gasteiger charge is -2.24. The molecule has 0 aliphatic carbocycles. The summed E-state index contributed by atoms with van der Waals surface area (Å²) in [5.41, 5.74) is -0.760. The van der Waals surface area contributed by atoms with Gasteiger partial charge in [0.25, 0.3) is 0 Å². The van der Waals surface area contributed by atoms with Crippen molar-refractivity contribution in [1.29, 1.82) is 0 Å². The minimum Gasteiger partial charge on any atom is -0.469 e. The molecule has 2 atom stereocenters. The van der Waals surface area contributed by atoms with Crippen LogP contribution in [-0.2, 0) is 9.53 Å². The maximum atomic E-state index is 11.2. The molecule has 2 unspecified atom stereocenters. The van der Waals surface area contributed by atoms with Crippen molar-refractivity contribution in [2.24, 2.45) is 5.92 Å². The molecule has 2 N–H and O–H groups in total. The summed E-state index contributed by atoms with van der Waals surface area (Å²) in [6.45, 7) is 7.59. The van der Waals surface area contributed by atoms with Gasteiger partial charge in [0.2, 0.25) is 0 Å². The molecule has 0 aromatic carbocycles. The van der Waals surface area contributed by atoms with E-state index in [0.29, 0.717) is 6.54 Å². The highest BCUT2D eigenvalue weighted by Crippen LogP contribution is 2.06. The van der Waals surface area contributed by atoms with Gasteiger partial charge in [-0.3, -0.25) is 4.79 Å². The number of carbonyl (C=O) groups is 1. The fourth-order valence-electron chi connectivity index (χ4n) is 0.978. The van der Waals surface area contributed by atoms with Crippen LogP contribution in [0.3, 0.4) is 0 Å². The Morgan fingerprint density at radius 3 is 2.36 bits per heavy atom. The first kappa shape index (κ1) is 13.4. The topological polar surface area (TPSA) is 58.6 Å². The Balaban J connectivity index is 3.96. The summed E-state index contributed by atoms with van der Waals surface area (Å²) in [4.78, 5) is 11.2. The van der Waals surface area contributed by atoms with Gasteiger partial charge < -0.3 is 15.2 Å². The number of aliphatic hydroxyl groups is 1. The Kier molecular flexibility index (Phi) is 5.08. The zero-order valence-electron chi connectivity index (χ0n) is 9.63. The minimum absolute atomic E-state index is 0.00567. The van der Waals surface area contributed by atoms with Crippen molar-refractivity contribution in [1.82, 2.24) is 5.32 Å². The SMILES string of the molecule is COC(=O)C(C)C(C)NCC(C)(C)O. The summed E-state index contributed by atoms with van der Waals surface area (Å²) in [6, 6.07) is -0.00567. The number of nitrogens with one attached hydrogen (secondary N) is 1. The Hall–Kier alpha value is -0.610. The third-order valence-corrected chi connectivity index (χ3v) is 2.18. The van der Waals surface area contributed by atoms with Crippen molar-refractivity contribution in [3.8, 4) is 0 Å². The lowest BCUT2D eigenvalue weighted by Crippen LogP contribution is -2.44. The molecule has 4 nitrogen and oxygen atoms in total. The summed E-state index contributed by atoms with van der Waals surface area (Å²) in [7, 11) is 1.38. The Morgan fingerprint density at radius 1 is 1.50 bits per heavy atom. The van der Waals surface area contributed by atoms with Crippen molar-refractivity contribution in [2.75, 3.05) is 13.7 Å². The van der Waals surface area contributed by atoms with Gasteiger partial charge in [0.15, 0.2) is 0 Å². The molecule has 0 saturated carbocycles. The molecule has 0 amide bonds. The average Bonchev–Trinajstić information content (AvgIpc) is 2.10. The van der Waals surface area contributed by atoms with E-state index < -0.39 is 5.60 Å². The molecule has 0 aromatic rings. The number of hydrogen-bond donors (Lipinski definition) is 2. The molecule has 0 aromatic heterocycles. The van der Waals surface area contributed by atoms with E-state index in [0.717, 1.165) is 0 Å². The van der Waals surface area contributed by atoms with Crippen LogP contribution in [0.1, 0.15) is 27.7 Å². The molecule has 4 heteroatoms. The van der Waals surface area contributed by atoms with Gasteiger partial charge in [-0.05, 0) is 20.8 Å². The summed E-state index contributed by atoms with van der Waals surface area (Å²) < 4.78 is 4.62. The number of ether oxygens (including phenoxy) is 1. The van der Waals surface area contributed by atoms with Gasteiger partial charge in [-0.25, -0.2) is 0 Å². The summed E-state index contributed by atoms with van der Waals surface area (Å²) >= 11 is 0. The highest BCUT2D eigenvalue weighted by atomic mass is 16.5. The van der Waals surface area contributed by atoms with Crippen molar-refractivity contribution in [2.45, 2.75) is 39.3 Å². The lowest BCUT2D eigenvalue weighted by molar-refractivity contribution is -0.145. The van der Waals surface area contributed by atoms with Crippen molar-refractivity contribution < 1.29 is 14.6 Å². The van der Waals surface area contributed by atoms with E-state index in [2.05, 4.69) is 10.1 Å². The highest BCUT2D eigenvalue weighted by Gasteiger charge is 2.22. The first-order valence-electron chi connectivity index (χ1n) is 4.81. The van der Waals surface area contributed by atoms with E-state index in [4.69, 9.17) is 0 Å². The van der Waals surface area contributed by atoms with Crippen molar-refractivity contribution in [3.63, 3.8) is 0 Å². The minimum atomic E-state index is -0.760. The maximum Gasteiger partial charge on any atom is 0.309 e. The first-order valence-corrected chi connectivity index (χ1v) is 4.81. The zero-order valence-corrected chi connectivity index (χ0v) is 9.63. The van der Waals surface area contributed by atoms with E-state index in [-0.39, 0.29) is 17.9 Å². The smallest absolute Gasteiger partial charge is 0.309 e. The van der Waals surface area contributed by atoms with Crippen LogP contribution in [-0.4, -0.2) is 36.4 Å². The van der Waals surface area contributed by atoms with Crippen molar-refractivity contribution >= 4 is 5.97 Å². The fourth-order valence-corrected chi connectivity index (χ4v) is 0.978. The second-order valence-corrected chi connectivity index (χ2v) is 4.29. The molecular weight excluding hydrogens is 182 g/mol. The van der Waals surface area contributed by atoms with Gasteiger partial charge in [0, 0.05) is 12.6 Å². The molecule has 0 saturated heterocycles. The zero-order chi connectivity index (χ0) is 11.4. The standard InChI is InChI=1S/C10H21NO3/c1-7(9(12)14-5)8(2)11-6-10(3,4)13/h7-8,11,13H,6H2,1-5H3. The highest BCUT2D eigenvalue weighted by molar-refractivity contribution is 5.72. The van der Waals surface area contributed by atoms with Gasteiger partial charge in [0.1, 0.15) is 0 Å². The van der Waals surface area contributed by atoms with Gasteiger partial charge >= 0.3 is 5.97 Å². The van der Waals surface area contributed by atoms with Gasteiger partial charge in [-0.15, -0.1) is 0 Å². The molecule has 0 rings (SSSR count). The predicted octanol–water partition coefficient (Wildman–Crippen LogP) is 0.544. The predicted molar refractivity (Wildman–Crippen MR) is 54.9 cm³/mol. The van der Waals surface area contributed by atoms with Crippen LogP contribution in [0.4, 0.5) is 0 Å². The maximum absolute atomic E-state index is 11.2. The molecule has 84 valence electrons. The normalized spacial score (nSPS) is 16.1. The van der Waals surface area contributed by atoms with E-state index >= 15 is 0 Å². The van der Waals surface area contributed by atoms with E-state index in [1.165, 1.54) is 7.11 Å². The van der Waals surface area contributed by atoms with Crippen LogP contribution in [0.15, 0.2) is 0 Å². The van der Waals surface area contributed by atoms with Crippen LogP contribution < -0.4 is 5.32 Å². The number of methoxy groups -OCH3 is 1. The molecule has 0 radical (unpaired) electrons. The third kappa shape index (κ3) is 5.19.